The second-order valence-corrected chi connectivity index (χ2v) is 10.1. The van der Waals surface area contributed by atoms with E-state index in [1.807, 2.05) is 19.9 Å². The number of carbonyl (C=O) groups excluding carboxylic acids is 1. The van der Waals surface area contributed by atoms with Crippen LogP contribution in [0.1, 0.15) is 31.4 Å². The number of carbonyl (C=O) groups is 1. The Kier molecular flexibility index (Phi) is 8.11. The van der Waals surface area contributed by atoms with Gasteiger partial charge in [-0.3, -0.25) is 0 Å². The maximum absolute atomic E-state index is 14.9. The Labute approximate surface area is 201 Å². The largest absolute Gasteiger partial charge is 0.445 e. The molecule has 0 aliphatic heterocycles. The summed E-state index contributed by atoms with van der Waals surface area (Å²) in [5.41, 5.74) is -0.519. The van der Waals surface area contributed by atoms with Crippen LogP contribution in [0.3, 0.4) is 0 Å². The van der Waals surface area contributed by atoms with Gasteiger partial charge in [0, 0.05) is 17.5 Å². The summed E-state index contributed by atoms with van der Waals surface area (Å²) in [6.45, 7) is 5.05. The first-order valence-corrected chi connectivity index (χ1v) is 12.3. The monoisotopic (exact) mass is 509 g/mol. The topological polar surface area (TPSA) is 112 Å². The van der Waals surface area contributed by atoms with Gasteiger partial charge in [0.25, 0.3) is 0 Å². The molecule has 0 aliphatic rings. The number of ether oxygens (including phenoxy) is 1. The Morgan fingerprint density at radius 1 is 1.14 bits per heavy atom. The maximum Gasteiger partial charge on any atom is 0.407 e. The lowest BCUT2D eigenvalue weighted by Gasteiger charge is -2.20. The standard InChI is InChI=1S/C24H25F2NO7S/c1-14(2)9-17(27-24(29)32-12-16-7-5-4-6-8-16)13-35(30,31)34-23-19(25)11-18-15(3)10-20(28)33-22(18)21(23)26/h4-8,10-11,14,17H,9,12-13H2,1-3H3,(H,27,29)/t17-/m0/s1. The van der Waals surface area contributed by atoms with Gasteiger partial charge >= 0.3 is 21.8 Å². The Morgan fingerprint density at radius 3 is 2.49 bits per heavy atom. The summed E-state index contributed by atoms with van der Waals surface area (Å²) < 4.78 is 69.5. The number of fused-ring (bicyclic) bond motifs is 1. The Bertz CT molecular complexity index is 1370. The fourth-order valence-electron chi connectivity index (χ4n) is 3.51. The first-order valence-electron chi connectivity index (χ1n) is 10.8. The Hall–Kier alpha value is -3.47. The average molecular weight is 510 g/mol. The second kappa shape index (κ2) is 10.9. The number of amides is 1. The van der Waals surface area contributed by atoms with Crippen molar-refractivity contribution >= 4 is 27.2 Å². The fraction of sp³-hybridized carbons (Fsp3) is 0.333. The number of hydrogen-bond donors (Lipinski definition) is 1. The number of nitrogens with one attached hydrogen (secondary N) is 1. The van der Waals surface area contributed by atoms with E-state index in [0.717, 1.165) is 17.7 Å². The molecule has 0 saturated heterocycles. The lowest BCUT2D eigenvalue weighted by Crippen LogP contribution is -2.42. The van der Waals surface area contributed by atoms with E-state index >= 15 is 0 Å². The van der Waals surface area contributed by atoms with Crippen LogP contribution in [-0.2, 0) is 21.5 Å². The van der Waals surface area contributed by atoms with Crippen molar-refractivity contribution in [3.05, 3.63) is 75.6 Å². The third-order valence-corrected chi connectivity index (χ3v) is 6.23. The number of halogens is 2. The summed E-state index contributed by atoms with van der Waals surface area (Å²) in [6.07, 6.45) is -0.630. The Morgan fingerprint density at radius 2 is 1.83 bits per heavy atom. The minimum absolute atomic E-state index is 0.0253. The van der Waals surface area contributed by atoms with Gasteiger partial charge in [-0.15, -0.1) is 0 Å². The van der Waals surface area contributed by atoms with Crippen molar-refractivity contribution < 1.29 is 35.3 Å². The van der Waals surface area contributed by atoms with E-state index in [4.69, 9.17) is 13.3 Å². The highest BCUT2D eigenvalue weighted by Crippen LogP contribution is 2.31. The van der Waals surface area contributed by atoms with Crippen LogP contribution in [0.4, 0.5) is 13.6 Å². The van der Waals surface area contributed by atoms with E-state index in [1.54, 1.807) is 24.3 Å². The number of alkyl carbamates (subject to hydrolysis) is 1. The number of rotatable bonds is 9. The molecular weight excluding hydrogens is 484 g/mol. The van der Waals surface area contributed by atoms with Gasteiger partial charge in [0.1, 0.15) is 12.4 Å². The first kappa shape index (κ1) is 26.1. The summed E-state index contributed by atoms with van der Waals surface area (Å²) in [7, 11) is -4.60. The number of benzene rings is 2. The summed E-state index contributed by atoms with van der Waals surface area (Å²) in [4.78, 5) is 23.8. The van der Waals surface area contributed by atoms with Crippen LogP contribution in [-0.4, -0.2) is 26.3 Å². The first-order chi connectivity index (χ1) is 16.4. The minimum atomic E-state index is -4.60. The molecule has 0 saturated carbocycles. The van der Waals surface area contributed by atoms with Crippen LogP contribution in [0.15, 0.2) is 51.7 Å². The Balaban J connectivity index is 1.77. The molecule has 1 N–H and O–H groups in total. The fourth-order valence-corrected chi connectivity index (χ4v) is 4.70. The molecule has 188 valence electrons. The molecule has 0 aliphatic carbocycles. The smallest absolute Gasteiger partial charge is 0.407 e. The van der Waals surface area contributed by atoms with E-state index in [0.29, 0.717) is 0 Å². The highest BCUT2D eigenvalue weighted by Gasteiger charge is 2.28. The molecule has 0 bridgehead atoms. The maximum atomic E-state index is 14.9. The van der Waals surface area contributed by atoms with Gasteiger partial charge in [-0.1, -0.05) is 44.2 Å². The summed E-state index contributed by atoms with van der Waals surface area (Å²) in [5, 5.41) is 2.43. The summed E-state index contributed by atoms with van der Waals surface area (Å²) >= 11 is 0. The van der Waals surface area contributed by atoms with Crippen LogP contribution >= 0.6 is 0 Å². The summed E-state index contributed by atoms with van der Waals surface area (Å²) in [5.74, 6) is -4.77. The molecule has 8 nitrogen and oxygen atoms in total. The lowest BCUT2D eigenvalue weighted by atomic mass is 10.1. The third kappa shape index (κ3) is 7.01. The van der Waals surface area contributed by atoms with Crippen molar-refractivity contribution in [1.82, 2.24) is 5.32 Å². The average Bonchev–Trinajstić information content (AvgIpc) is 2.76. The molecular formula is C24H25F2NO7S. The van der Waals surface area contributed by atoms with Gasteiger partial charge in [0.15, 0.2) is 11.4 Å². The van der Waals surface area contributed by atoms with E-state index in [2.05, 4.69) is 5.32 Å². The van der Waals surface area contributed by atoms with Crippen molar-refractivity contribution in [2.45, 2.75) is 39.8 Å². The van der Waals surface area contributed by atoms with Crippen molar-refractivity contribution in [3.63, 3.8) is 0 Å². The van der Waals surface area contributed by atoms with E-state index < -0.39 is 56.6 Å². The van der Waals surface area contributed by atoms with E-state index in [9.17, 15) is 26.8 Å². The van der Waals surface area contributed by atoms with Gasteiger partial charge in [-0.05, 0) is 36.5 Å². The van der Waals surface area contributed by atoms with Crippen LogP contribution < -0.4 is 15.1 Å². The van der Waals surface area contributed by atoms with Crippen molar-refractivity contribution in [2.75, 3.05) is 5.75 Å². The molecule has 3 rings (SSSR count). The molecule has 0 radical (unpaired) electrons. The molecule has 3 aromatic rings. The zero-order valence-electron chi connectivity index (χ0n) is 19.3. The number of aryl methyl sites for hydroxylation is 1. The molecule has 35 heavy (non-hydrogen) atoms. The molecule has 0 unspecified atom stereocenters. The highest BCUT2D eigenvalue weighted by atomic mass is 32.2. The van der Waals surface area contributed by atoms with Gasteiger partial charge < -0.3 is 18.7 Å². The molecule has 0 fully saturated rings. The van der Waals surface area contributed by atoms with Crippen LogP contribution in [0.25, 0.3) is 11.0 Å². The summed E-state index contributed by atoms with van der Waals surface area (Å²) in [6, 6.07) is 9.79. The predicted octanol–water partition coefficient (Wildman–Crippen LogP) is 4.43. The zero-order valence-corrected chi connectivity index (χ0v) is 20.2. The lowest BCUT2D eigenvalue weighted by molar-refractivity contribution is 0.135. The van der Waals surface area contributed by atoms with Gasteiger partial charge in [-0.2, -0.15) is 12.8 Å². The van der Waals surface area contributed by atoms with Crippen molar-refractivity contribution in [3.8, 4) is 5.75 Å². The molecule has 1 heterocycles. The van der Waals surface area contributed by atoms with Crippen molar-refractivity contribution in [1.29, 1.82) is 0 Å². The molecule has 11 heteroatoms. The minimum Gasteiger partial charge on any atom is -0.445 e. The van der Waals surface area contributed by atoms with Crippen LogP contribution in [0.5, 0.6) is 5.75 Å². The third-order valence-electron chi connectivity index (χ3n) is 5.00. The second-order valence-electron chi connectivity index (χ2n) is 8.47. The van der Waals surface area contributed by atoms with E-state index in [-0.39, 0.29) is 29.9 Å². The normalized spacial score (nSPS) is 12.5. The van der Waals surface area contributed by atoms with Crippen LogP contribution in [0.2, 0.25) is 0 Å². The molecule has 1 atom stereocenters. The van der Waals surface area contributed by atoms with Gasteiger partial charge in [0.05, 0.1) is 0 Å². The van der Waals surface area contributed by atoms with Gasteiger partial charge in [0.2, 0.25) is 11.6 Å². The van der Waals surface area contributed by atoms with Crippen LogP contribution in [0, 0.1) is 24.5 Å². The van der Waals surface area contributed by atoms with Gasteiger partial charge in [-0.25, -0.2) is 14.0 Å². The molecule has 2 aromatic carbocycles. The molecule has 1 aromatic heterocycles. The SMILES string of the molecule is Cc1cc(=O)oc2c(F)c(OS(=O)(=O)C[C@H](CC(C)C)NC(=O)OCc3ccccc3)c(F)cc12. The van der Waals surface area contributed by atoms with E-state index in [1.165, 1.54) is 6.92 Å². The predicted molar refractivity (Wildman–Crippen MR) is 125 cm³/mol. The highest BCUT2D eigenvalue weighted by molar-refractivity contribution is 7.87. The number of hydrogen-bond acceptors (Lipinski definition) is 7. The quantitative estimate of drug-likeness (QED) is 0.335. The van der Waals surface area contributed by atoms with Crippen molar-refractivity contribution in [2.24, 2.45) is 5.92 Å². The molecule has 0 spiro atoms. The molecule has 1 amide bonds. The zero-order chi connectivity index (χ0) is 25.8.